The van der Waals surface area contributed by atoms with E-state index in [-0.39, 0.29) is 16.9 Å². The van der Waals surface area contributed by atoms with Crippen molar-refractivity contribution in [3.8, 4) is 17.0 Å². The molecule has 0 N–H and O–H groups in total. The molecule has 3 heterocycles. The summed E-state index contributed by atoms with van der Waals surface area (Å²) < 4.78 is 43.6. The Bertz CT molecular complexity index is 1280. The van der Waals surface area contributed by atoms with E-state index in [0.29, 0.717) is 54.4 Å². The Morgan fingerprint density at radius 2 is 1.94 bits per heavy atom. The average Bonchev–Trinajstić information content (AvgIpc) is 2.85. The van der Waals surface area contributed by atoms with Gasteiger partial charge in [0.25, 0.3) is 0 Å². The molecule has 0 bridgehead atoms. The van der Waals surface area contributed by atoms with E-state index in [1.807, 2.05) is 6.07 Å². The number of benzene rings is 1. The third-order valence-electron chi connectivity index (χ3n) is 5.99. The number of methoxy groups -OCH3 is 1. The first kappa shape index (κ1) is 25.4. The van der Waals surface area contributed by atoms with Gasteiger partial charge >= 0.3 is 0 Å². The summed E-state index contributed by atoms with van der Waals surface area (Å²) in [5.74, 6) is 1.40. The van der Waals surface area contributed by atoms with Crippen LogP contribution in [0.2, 0.25) is 0 Å². The molecule has 1 fully saturated rings. The molecule has 1 aliphatic heterocycles. The summed E-state index contributed by atoms with van der Waals surface area (Å²) in [5, 5.41) is 0.693. The highest BCUT2D eigenvalue weighted by atomic mass is 32.2. The number of fused-ring (bicyclic) bond motifs is 1. The average molecular weight is 501 g/mol. The lowest BCUT2D eigenvalue weighted by atomic mass is 10.0. The van der Waals surface area contributed by atoms with Gasteiger partial charge in [0.05, 0.1) is 29.0 Å². The Balaban J connectivity index is 1.81. The van der Waals surface area contributed by atoms with Gasteiger partial charge in [0.1, 0.15) is 11.9 Å². The van der Waals surface area contributed by atoms with Crippen LogP contribution in [-0.2, 0) is 25.9 Å². The van der Waals surface area contributed by atoms with Gasteiger partial charge in [0.2, 0.25) is 15.9 Å². The molecule has 9 nitrogen and oxygen atoms in total. The van der Waals surface area contributed by atoms with Gasteiger partial charge in [-0.3, -0.25) is 0 Å². The van der Waals surface area contributed by atoms with E-state index in [4.69, 9.17) is 19.2 Å². The molecule has 1 atom stereocenters. The van der Waals surface area contributed by atoms with Crippen LogP contribution in [0.1, 0.15) is 25.6 Å². The molecule has 0 radical (unpaired) electrons. The van der Waals surface area contributed by atoms with E-state index in [1.54, 1.807) is 37.7 Å². The van der Waals surface area contributed by atoms with Crippen molar-refractivity contribution in [2.75, 3.05) is 41.0 Å². The number of pyridine rings is 1. The molecular weight excluding hydrogens is 468 g/mol. The summed E-state index contributed by atoms with van der Waals surface area (Å²) in [5.41, 5.74) is 2.10. The zero-order valence-corrected chi connectivity index (χ0v) is 21.4. The molecule has 2 aromatic heterocycles. The highest BCUT2D eigenvalue weighted by Gasteiger charge is 2.22. The van der Waals surface area contributed by atoms with Crippen molar-refractivity contribution in [1.29, 1.82) is 0 Å². The van der Waals surface area contributed by atoms with Crippen LogP contribution in [0.15, 0.2) is 41.6 Å². The van der Waals surface area contributed by atoms with Gasteiger partial charge in [0.15, 0.2) is 0 Å². The zero-order chi connectivity index (χ0) is 25.0. The molecule has 0 unspecified atom stereocenters. The van der Waals surface area contributed by atoms with Gasteiger partial charge in [-0.1, -0.05) is 19.1 Å². The molecule has 4 rings (SSSR count). The van der Waals surface area contributed by atoms with Crippen molar-refractivity contribution in [2.45, 2.75) is 37.2 Å². The quantitative estimate of drug-likeness (QED) is 0.441. The first-order valence-corrected chi connectivity index (χ1v) is 13.1. The predicted molar refractivity (Wildman–Crippen MR) is 133 cm³/mol. The molecule has 0 aliphatic carbocycles. The highest BCUT2D eigenvalue weighted by molar-refractivity contribution is 7.89. The third kappa shape index (κ3) is 5.78. The first-order valence-electron chi connectivity index (χ1n) is 11.7. The maximum Gasteiger partial charge on any atom is 0.242 e. The maximum atomic E-state index is 12.7. The molecular formula is C25H32N4O5S. The van der Waals surface area contributed by atoms with E-state index in [0.717, 1.165) is 18.4 Å². The summed E-state index contributed by atoms with van der Waals surface area (Å²) in [6.07, 6.45) is 5.71. The second-order valence-corrected chi connectivity index (χ2v) is 11.2. The lowest BCUT2D eigenvalue weighted by Crippen LogP contribution is -2.26. The summed E-state index contributed by atoms with van der Waals surface area (Å²) >= 11 is 0. The predicted octanol–water partition coefficient (Wildman–Crippen LogP) is 3.32. The standard InChI is InChI=1S/C25H32N4O5S/c1-17(16-32-4)12-23-26-15-22-24(28-23)21(14-27-25(22)34-19-8-10-33-11-9-19)18-6-5-7-20(13-18)35(30,31)29(2)3/h5-7,13-15,17,19H,8-12,16H2,1-4H3/t17-/m1/s1. The summed E-state index contributed by atoms with van der Waals surface area (Å²) in [7, 11) is 1.12. The van der Waals surface area contributed by atoms with E-state index in [9.17, 15) is 8.42 Å². The topological polar surface area (TPSA) is 104 Å². The Morgan fingerprint density at radius 1 is 1.17 bits per heavy atom. The van der Waals surface area contributed by atoms with E-state index < -0.39 is 10.0 Å². The SMILES string of the molecule is COC[C@H](C)Cc1ncc2c(OC3CCOCC3)ncc(-c3cccc(S(=O)(=O)N(C)C)c3)c2n1. The second-order valence-electron chi connectivity index (χ2n) is 9.04. The van der Waals surface area contributed by atoms with Crippen molar-refractivity contribution in [3.05, 3.63) is 42.5 Å². The number of aromatic nitrogens is 3. The van der Waals surface area contributed by atoms with Crippen LogP contribution < -0.4 is 4.74 Å². The Morgan fingerprint density at radius 3 is 2.66 bits per heavy atom. The lowest BCUT2D eigenvalue weighted by molar-refractivity contribution is 0.0244. The summed E-state index contributed by atoms with van der Waals surface area (Å²) in [6.45, 7) is 4.00. The van der Waals surface area contributed by atoms with Crippen molar-refractivity contribution in [3.63, 3.8) is 0 Å². The van der Waals surface area contributed by atoms with Gasteiger partial charge in [-0.25, -0.2) is 27.7 Å². The molecule has 0 amide bonds. The number of sulfonamides is 1. The molecule has 188 valence electrons. The van der Waals surface area contributed by atoms with Crippen molar-refractivity contribution in [1.82, 2.24) is 19.3 Å². The number of nitrogens with zero attached hydrogens (tertiary/aromatic N) is 4. The minimum Gasteiger partial charge on any atom is -0.474 e. The normalized spacial score (nSPS) is 16.0. The molecule has 1 aromatic carbocycles. The molecule has 35 heavy (non-hydrogen) atoms. The van der Waals surface area contributed by atoms with E-state index in [1.165, 1.54) is 18.4 Å². The highest BCUT2D eigenvalue weighted by Crippen LogP contribution is 2.33. The van der Waals surface area contributed by atoms with Gasteiger partial charge in [-0.05, 0) is 23.6 Å². The molecule has 3 aromatic rings. The number of hydrogen-bond acceptors (Lipinski definition) is 8. The third-order valence-corrected chi connectivity index (χ3v) is 7.80. The van der Waals surface area contributed by atoms with Gasteiger partial charge < -0.3 is 14.2 Å². The Hall–Kier alpha value is -2.66. The van der Waals surface area contributed by atoms with Crippen LogP contribution in [0.5, 0.6) is 5.88 Å². The fourth-order valence-corrected chi connectivity index (χ4v) is 5.03. The number of hydrogen-bond donors (Lipinski definition) is 0. The first-order chi connectivity index (χ1) is 16.8. The summed E-state index contributed by atoms with van der Waals surface area (Å²) in [4.78, 5) is 14.3. The van der Waals surface area contributed by atoms with Crippen molar-refractivity contribution >= 4 is 20.9 Å². The Labute approximate surface area is 206 Å². The molecule has 0 saturated carbocycles. The molecule has 0 spiro atoms. The van der Waals surface area contributed by atoms with Gasteiger partial charge in [-0.2, -0.15) is 0 Å². The van der Waals surface area contributed by atoms with E-state index in [2.05, 4.69) is 16.9 Å². The second kappa shape index (κ2) is 10.9. The van der Waals surface area contributed by atoms with Crippen LogP contribution in [-0.4, -0.2) is 74.8 Å². The van der Waals surface area contributed by atoms with Crippen molar-refractivity contribution < 1.29 is 22.6 Å². The van der Waals surface area contributed by atoms with Crippen LogP contribution in [0.3, 0.4) is 0 Å². The smallest absolute Gasteiger partial charge is 0.242 e. The number of rotatable bonds is 9. The van der Waals surface area contributed by atoms with E-state index >= 15 is 0 Å². The number of ether oxygens (including phenoxy) is 3. The largest absolute Gasteiger partial charge is 0.474 e. The van der Waals surface area contributed by atoms with Gasteiger partial charge in [0, 0.05) is 65.0 Å². The Kier molecular flexibility index (Phi) is 7.95. The zero-order valence-electron chi connectivity index (χ0n) is 20.6. The minimum atomic E-state index is -3.59. The maximum absolute atomic E-state index is 12.7. The molecule has 10 heteroatoms. The molecule has 1 saturated heterocycles. The fourth-order valence-electron chi connectivity index (χ4n) is 4.08. The van der Waals surface area contributed by atoms with Crippen LogP contribution in [0.25, 0.3) is 22.0 Å². The van der Waals surface area contributed by atoms with Crippen molar-refractivity contribution in [2.24, 2.45) is 5.92 Å². The lowest BCUT2D eigenvalue weighted by Gasteiger charge is -2.23. The minimum absolute atomic E-state index is 0.0141. The summed E-state index contributed by atoms with van der Waals surface area (Å²) in [6, 6.07) is 6.83. The molecule has 1 aliphatic rings. The van der Waals surface area contributed by atoms with Crippen LogP contribution in [0, 0.1) is 5.92 Å². The van der Waals surface area contributed by atoms with Crippen LogP contribution >= 0.6 is 0 Å². The van der Waals surface area contributed by atoms with Crippen LogP contribution in [0.4, 0.5) is 0 Å². The van der Waals surface area contributed by atoms with Gasteiger partial charge in [-0.15, -0.1) is 0 Å². The monoisotopic (exact) mass is 500 g/mol. The fraction of sp³-hybridized carbons (Fsp3) is 0.480.